The van der Waals surface area contributed by atoms with Gasteiger partial charge in [0.05, 0.1) is 12.6 Å². The average molecular weight is 310 g/mol. The van der Waals surface area contributed by atoms with E-state index in [1.165, 1.54) is 0 Å². The van der Waals surface area contributed by atoms with Gasteiger partial charge in [-0.1, -0.05) is 35.3 Å². The molecule has 0 aliphatic heterocycles. The maximum absolute atomic E-state index is 6.29. The van der Waals surface area contributed by atoms with E-state index in [1.54, 1.807) is 6.07 Å². The first-order valence-corrected chi connectivity index (χ1v) is 7.26. The highest BCUT2D eigenvalue weighted by Crippen LogP contribution is 2.31. The quantitative estimate of drug-likeness (QED) is 0.864. The molecule has 2 aromatic rings. The molecule has 0 saturated heterocycles. The van der Waals surface area contributed by atoms with Crippen LogP contribution in [0.3, 0.4) is 0 Å². The Labute approximate surface area is 129 Å². The van der Waals surface area contributed by atoms with Crippen LogP contribution in [0.15, 0.2) is 42.5 Å². The van der Waals surface area contributed by atoms with E-state index in [9.17, 15) is 0 Å². The molecule has 0 bridgehead atoms. The van der Waals surface area contributed by atoms with E-state index >= 15 is 0 Å². The molecule has 1 atom stereocenters. The lowest BCUT2D eigenvalue weighted by Gasteiger charge is -2.19. The summed E-state index contributed by atoms with van der Waals surface area (Å²) < 4.78 is 5.54. The molecule has 0 amide bonds. The van der Waals surface area contributed by atoms with Crippen LogP contribution in [-0.4, -0.2) is 13.7 Å². The summed E-state index contributed by atoms with van der Waals surface area (Å²) in [7, 11) is 1.90. The monoisotopic (exact) mass is 309 g/mol. The molecular weight excluding hydrogens is 293 g/mol. The van der Waals surface area contributed by atoms with Gasteiger partial charge in [-0.15, -0.1) is 0 Å². The van der Waals surface area contributed by atoms with Crippen LogP contribution in [0.4, 0.5) is 0 Å². The lowest BCUT2D eigenvalue weighted by Crippen LogP contribution is -2.18. The summed E-state index contributed by atoms with van der Waals surface area (Å²) in [4.78, 5) is 0. The van der Waals surface area contributed by atoms with E-state index in [0.29, 0.717) is 16.7 Å². The molecule has 0 aromatic heterocycles. The Balaban J connectivity index is 2.41. The molecule has 20 heavy (non-hydrogen) atoms. The third-order valence-corrected chi connectivity index (χ3v) is 3.64. The van der Waals surface area contributed by atoms with Crippen LogP contribution >= 0.6 is 23.2 Å². The predicted molar refractivity (Wildman–Crippen MR) is 85.0 cm³/mol. The van der Waals surface area contributed by atoms with Gasteiger partial charge in [-0.25, -0.2) is 0 Å². The van der Waals surface area contributed by atoms with Crippen LogP contribution in [-0.2, 0) is 0 Å². The van der Waals surface area contributed by atoms with Crippen LogP contribution in [0.2, 0.25) is 10.0 Å². The second-order valence-electron chi connectivity index (χ2n) is 4.39. The summed E-state index contributed by atoms with van der Waals surface area (Å²) in [6, 6.07) is 13.4. The molecule has 0 heterocycles. The molecule has 2 nitrogen and oxygen atoms in total. The van der Waals surface area contributed by atoms with Crippen molar-refractivity contribution in [1.82, 2.24) is 5.32 Å². The first-order chi connectivity index (χ1) is 9.65. The highest BCUT2D eigenvalue weighted by molar-refractivity contribution is 6.33. The summed E-state index contributed by atoms with van der Waals surface area (Å²) in [5.41, 5.74) is 2.04. The smallest absolute Gasteiger partial charge is 0.119 e. The topological polar surface area (TPSA) is 21.3 Å². The Kier molecular flexibility index (Phi) is 5.30. The summed E-state index contributed by atoms with van der Waals surface area (Å²) in [5, 5.41) is 4.64. The Morgan fingerprint density at radius 2 is 1.95 bits per heavy atom. The maximum Gasteiger partial charge on any atom is 0.119 e. The van der Waals surface area contributed by atoms with Gasteiger partial charge in [0.25, 0.3) is 0 Å². The lowest BCUT2D eigenvalue weighted by atomic mass is 9.98. The van der Waals surface area contributed by atoms with Gasteiger partial charge in [0, 0.05) is 10.0 Å². The zero-order valence-electron chi connectivity index (χ0n) is 11.5. The number of hydrogen-bond acceptors (Lipinski definition) is 2. The molecule has 0 aliphatic carbocycles. The second kappa shape index (κ2) is 6.98. The molecule has 1 unspecified atom stereocenters. The van der Waals surface area contributed by atoms with Gasteiger partial charge in [0.1, 0.15) is 5.75 Å². The lowest BCUT2D eigenvalue weighted by molar-refractivity contribution is 0.339. The van der Waals surface area contributed by atoms with E-state index < -0.39 is 0 Å². The van der Waals surface area contributed by atoms with Gasteiger partial charge < -0.3 is 10.1 Å². The van der Waals surface area contributed by atoms with Crippen molar-refractivity contribution in [3.8, 4) is 5.75 Å². The summed E-state index contributed by atoms with van der Waals surface area (Å²) in [5.74, 6) is 0.850. The summed E-state index contributed by atoms with van der Waals surface area (Å²) in [6.45, 7) is 2.61. The van der Waals surface area contributed by atoms with E-state index in [2.05, 4.69) is 5.32 Å². The minimum Gasteiger partial charge on any atom is -0.494 e. The molecule has 106 valence electrons. The molecule has 4 heteroatoms. The van der Waals surface area contributed by atoms with Gasteiger partial charge in [-0.2, -0.15) is 0 Å². The van der Waals surface area contributed by atoms with Crippen LogP contribution in [0, 0.1) is 0 Å². The third-order valence-electron chi connectivity index (χ3n) is 3.06. The van der Waals surface area contributed by atoms with Gasteiger partial charge in [0.2, 0.25) is 0 Å². The van der Waals surface area contributed by atoms with Crippen molar-refractivity contribution in [3.63, 3.8) is 0 Å². The fourth-order valence-electron chi connectivity index (χ4n) is 2.19. The number of benzene rings is 2. The third kappa shape index (κ3) is 3.45. The van der Waals surface area contributed by atoms with Crippen LogP contribution in [0.5, 0.6) is 5.75 Å². The molecule has 0 fully saturated rings. The van der Waals surface area contributed by atoms with E-state index in [-0.39, 0.29) is 6.04 Å². The van der Waals surface area contributed by atoms with Crippen LogP contribution in [0.1, 0.15) is 24.1 Å². The standard InChI is InChI=1S/C16H17Cl2NO/c1-3-20-13-6-4-5-11(9-13)16(19-2)14-10-12(17)7-8-15(14)18/h4-10,16,19H,3H2,1-2H3. The molecule has 0 radical (unpaired) electrons. The maximum atomic E-state index is 6.29. The van der Waals surface area contributed by atoms with Crippen LogP contribution < -0.4 is 10.1 Å². The van der Waals surface area contributed by atoms with Crippen molar-refractivity contribution in [2.24, 2.45) is 0 Å². The fourth-order valence-corrected chi connectivity index (χ4v) is 2.60. The number of rotatable bonds is 5. The zero-order valence-corrected chi connectivity index (χ0v) is 13.0. The van der Waals surface area contributed by atoms with Crippen LogP contribution in [0.25, 0.3) is 0 Å². The number of hydrogen-bond donors (Lipinski definition) is 1. The van der Waals surface area contributed by atoms with E-state index in [1.807, 2.05) is 50.4 Å². The fraction of sp³-hybridized carbons (Fsp3) is 0.250. The van der Waals surface area contributed by atoms with Crippen molar-refractivity contribution >= 4 is 23.2 Å². The molecule has 2 aromatic carbocycles. The highest BCUT2D eigenvalue weighted by Gasteiger charge is 2.16. The highest BCUT2D eigenvalue weighted by atomic mass is 35.5. The SMILES string of the molecule is CCOc1cccc(C(NC)c2cc(Cl)ccc2Cl)c1. The number of ether oxygens (including phenoxy) is 1. The summed E-state index contributed by atoms with van der Waals surface area (Å²) >= 11 is 12.4. The molecule has 0 aliphatic rings. The zero-order chi connectivity index (χ0) is 14.5. The molecule has 2 rings (SSSR count). The molecule has 1 N–H and O–H groups in total. The first-order valence-electron chi connectivity index (χ1n) is 6.50. The molecule has 0 spiro atoms. The Hall–Kier alpha value is -1.22. The molecular formula is C16H17Cl2NO. The Morgan fingerprint density at radius 1 is 1.15 bits per heavy atom. The van der Waals surface area contributed by atoms with Gasteiger partial charge in [-0.05, 0) is 55.4 Å². The van der Waals surface area contributed by atoms with E-state index in [0.717, 1.165) is 16.9 Å². The van der Waals surface area contributed by atoms with E-state index in [4.69, 9.17) is 27.9 Å². The predicted octanol–water partition coefficient (Wildman–Crippen LogP) is 4.70. The average Bonchev–Trinajstić information content (AvgIpc) is 2.44. The van der Waals surface area contributed by atoms with Gasteiger partial charge in [-0.3, -0.25) is 0 Å². The first kappa shape index (κ1) is 15.2. The Bertz CT molecular complexity index is 586. The summed E-state index contributed by atoms with van der Waals surface area (Å²) in [6.07, 6.45) is 0. The number of halogens is 2. The molecule has 0 saturated carbocycles. The normalized spacial score (nSPS) is 12.2. The number of nitrogens with one attached hydrogen (secondary N) is 1. The minimum absolute atomic E-state index is 0.0263. The van der Waals surface area contributed by atoms with Crippen molar-refractivity contribution in [2.45, 2.75) is 13.0 Å². The van der Waals surface area contributed by atoms with Gasteiger partial charge in [0.15, 0.2) is 0 Å². The van der Waals surface area contributed by atoms with Crippen molar-refractivity contribution < 1.29 is 4.74 Å². The second-order valence-corrected chi connectivity index (χ2v) is 5.24. The minimum atomic E-state index is -0.0263. The largest absolute Gasteiger partial charge is 0.494 e. The van der Waals surface area contributed by atoms with Crippen molar-refractivity contribution in [2.75, 3.05) is 13.7 Å². The van der Waals surface area contributed by atoms with Crippen molar-refractivity contribution in [1.29, 1.82) is 0 Å². The van der Waals surface area contributed by atoms with Crippen molar-refractivity contribution in [3.05, 3.63) is 63.6 Å². The Morgan fingerprint density at radius 3 is 2.65 bits per heavy atom. The van der Waals surface area contributed by atoms with Gasteiger partial charge >= 0.3 is 0 Å².